The molecule has 0 radical (unpaired) electrons. The molecule has 0 amide bonds. The third-order valence-corrected chi connectivity index (χ3v) is 4.73. The van der Waals surface area contributed by atoms with Gasteiger partial charge in [-0.2, -0.15) is 0 Å². The molecule has 0 atom stereocenters. The lowest BCUT2D eigenvalue weighted by molar-refractivity contribution is -0.673. The number of allylic oxidation sites excluding steroid dienone is 2. The van der Waals surface area contributed by atoms with Gasteiger partial charge in [0.25, 0.3) is 5.82 Å². The maximum Gasteiger partial charge on any atom is 0.288 e. The first-order chi connectivity index (χ1) is 11.6. The number of imidazole rings is 1. The fourth-order valence-electron chi connectivity index (χ4n) is 3.53. The largest absolute Gasteiger partial charge is 0.288 e. The predicted octanol–water partition coefficient (Wildman–Crippen LogP) is 2.18. The summed E-state index contributed by atoms with van der Waals surface area (Å²) in [5.74, 6) is 1.21. The lowest BCUT2D eigenvalue weighted by Crippen LogP contribution is -2.31. The molecule has 1 aliphatic rings. The van der Waals surface area contributed by atoms with E-state index >= 15 is 0 Å². The van der Waals surface area contributed by atoms with Crippen LogP contribution in [0.5, 0.6) is 0 Å². The number of rotatable bonds is 1. The minimum absolute atomic E-state index is 1.21. The molecular weight excluding hydrogens is 292 g/mol. The minimum Gasteiger partial charge on any atom is -0.233 e. The molecule has 3 aromatic rings. The van der Waals surface area contributed by atoms with Crippen LogP contribution in [0.15, 0.2) is 66.5 Å². The topological polar surface area (TPSA) is 8.81 Å². The zero-order valence-corrected chi connectivity index (χ0v) is 14.3. The van der Waals surface area contributed by atoms with Gasteiger partial charge in [0.1, 0.15) is 12.4 Å². The van der Waals surface area contributed by atoms with Crippen molar-refractivity contribution < 1.29 is 4.57 Å². The molecule has 1 heterocycles. The van der Waals surface area contributed by atoms with E-state index in [1.807, 2.05) is 0 Å². The standard InChI is InChI=1S/C22H21N2/c1-16-14-17-8-4-6-10-19(17)20-11-7-5-9-18(20)15-21(16)22-23(2)12-13-24(22)3/h4-15H,1-3H3/q+1/b16-14?,17-14-,18-15-,20-19-,21-15?,21-16+. The van der Waals surface area contributed by atoms with Crippen molar-refractivity contribution in [2.24, 2.45) is 14.1 Å². The van der Waals surface area contributed by atoms with Gasteiger partial charge in [-0.3, -0.25) is 0 Å². The monoisotopic (exact) mass is 313 g/mol. The molecule has 0 saturated heterocycles. The average molecular weight is 313 g/mol. The third-order valence-electron chi connectivity index (χ3n) is 4.73. The van der Waals surface area contributed by atoms with E-state index in [0.717, 1.165) is 0 Å². The number of benzene rings is 2. The third kappa shape index (κ3) is 2.31. The van der Waals surface area contributed by atoms with E-state index < -0.39 is 0 Å². The summed E-state index contributed by atoms with van der Waals surface area (Å²) in [5, 5.41) is 5.10. The Bertz CT molecular complexity index is 1160. The molecule has 1 aromatic heterocycles. The summed E-state index contributed by atoms with van der Waals surface area (Å²) in [6.07, 6.45) is 8.81. The Morgan fingerprint density at radius 2 is 1.42 bits per heavy atom. The van der Waals surface area contributed by atoms with E-state index in [4.69, 9.17) is 0 Å². The SMILES string of the molecule is CC1=C(c2n(C)cc[n+]2C)/C=c2/cccc/c2=c2\cccc\c2=C\1. The van der Waals surface area contributed by atoms with Gasteiger partial charge in [0.15, 0.2) is 0 Å². The van der Waals surface area contributed by atoms with E-state index in [1.54, 1.807) is 0 Å². The molecule has 118 valence electrons. The Labute approximate surface area is 141 Å². The normalized spacial score (nSPS) is 20.6. The molecular formula is C22H21N2+. The highest BCUT2D eigenvalue weighted by molar-refractivity contribution is 5.91. The summed E-state index contributed by atoms with van der Waals surface area (Å²) in [7, 11) is 4.20. The zero-order chi connectivity index (χ0) is 16.7. The number of nitrogens with zero attached hydrogens (tertiary/aromatic N) is 2. The molecule has 0 N–H and O–H groups in total. The summed E-state index contributed by atoms with van der Waals surface area (Å²) < 4.78 is 4.36. The molecule has 0 spiro atoms. The molecule has 2 aromatic carbocycles. The van der Waals surface area contributed by atoms with Crippen molar-refractivity contribution in [1.82, 2.24) is 4.57 Å². The van der Waals surface area contributed by atoms with E-state index in [9.17, 15) is 0 Å². The van der Waals surface area contributed by atoms with Crippen LogP contribution in [0.25, 0.3) is 17.7 Å². The Hall–Kier alpha value is -2.87. The molecule has 0 fully saturated rings. The second-order valence-corrected chi connectivity index (χ2v) is 6.40. The molecule has 24 heavy (non-hydrogen) atoms. The first-order valence-corrected chi connectivity index (χ1v) is 8.25. The van der Waals surface area contributed by atoms with E-state index in [1.165, 1.54) is 37.8 Å². The van der Waals surface area contributed by atoms with Crippen LogP contribution in [-0.2, 0) is 14.1 Å². The summed E-state index contributed by atoms with van der Waals surface area (Å²) in [6.45, 7) is 2.20. The lowest BCUT2D eigenvalue weighted by atomic mass is 10.0. The average Bonchev–Trinajstić information content (AvgIpc) is 2.91. The highest BCUT2D eigenvalue weighted by Crippen LogP contribution is 2.19. The first-order valence-electron chi connectivity index (χ1n) is 8.25. The summed E-state index contributed by atoms with van der Waals surface area (Å²) in [5.41, 5.74) is 2.53. The Kier molecular flexibility index (Phi) is 3.46. The maximum absolute atomic E-state index is 2.31. The quantitative estimate of drug-likeness (QED) is 0.609. The summed E-state index contributed by atoms with van der Waals surface area (Å²) in [6, 6.07) is 17.3. The van der Waals surface area contributed by atoms with Gasteiger partial charge in [-0.05, 0) is 39.4 Å². The number of aromatic nitrogens is 2. The van der Waals surface area contributed by atoms with E-state index in [-0.39, 0.29) is 0 Å². The predicted molar refractivity (Wildman–Crippen MR) is 97.9 cm³/mol. The Morgan fingerprint density at radius 3 is 2.00 bits per heavy atom. The zero-order valence-electron chi connectivity index (χ0n) is 14.3. The van der Waals surface area contributed by atoms with Crippen molar-refractivity contribution >= 4 is 17.7 Å². The van der Waals surface area contributed by atoms with Crippen molar-refractivity contribution in [3.8, 4) is 0 Å². The van der Waals surface area contributed by atoms with Crippen LogP contribution in [0.1, 0.15) is 12.7 Å². The van der Waals surface area contributed by atoms with Crippen LogP contribution >= 0.6 is 0 Å². The highest BCUT2D eigenvalue weighted by atomic mass is 15.1. The van der Waals surface area contributed by atoms with E-state index in [2.05, 4.69) is 103 Å². The van der Waals surface area contributed by atoms with Gasteiger partial charge in [-0.25, -0.2) is 9.13 Å². The van der Waals surface area contributed by atoms with Crippen molar-refractivity contribution in [2.75, 3.05) is 0 Å². The fourth-order valence-corrected chi connectivity index (χ4v) is 3.53. The van der Waals surface area contributed by atoms with Crippen molar-refractivity contribution in [2.45, 2.75) is 6.92 Å². The fraction of sp³-hybridized carbons (Fsp3) is 0.136. The molecule has 0 unspecified atom stereocenters. The van der Waals surface area contributed by atoms with Crippen LogP contribution < -0.4 is 15.0 Å². The second-order valence-electron chi connectivity index (χ2n) is 6.40. The van der Waals surface area contributed by atoms with Gasteiger partial charge in [0, 0.05) is 0 Å². The molecule has 1 aliphatic carbocycles. The number of aryl methyl sites for hydroxylation is 2. The first kappa shape index (κ1) is 14.7. The summed E-state index contributed by atoms with van der Waals surface area (Å²) in [4.78, 5) is 0. The molecule has 0 bridgehead atoms. The molecule has 0 saturated carbocycles. The second kappa shape index (κ2) is 5.64. The highest BCUT2D eigenvalue weighted by Gasteiger charge is 2.17. The van der Waals surface area contributed by atoms with Crippen LogP contribution in [0.4, 0.5) is 0 Å². The number of fused-ring (bicyclic) bond motifs is 2. The van der Waals surface area contributed by atoms with Crippen molar-refractivity contribution in [3.63, 3.8) is 0 Å². The number of hydrogen-bond donors (Lipinski definition) is 0. The molecule has 4 rings (SSSR count). The van der Waals surface area contributed by atoms with Gasteiger partial charge >= 0.3 is 0 Å². The van der Waals surface area contributed by atoms with Gasteiger partial charge in [0.2, 0.25) is 0 Å². The Morgan fingerprint density at radius 1 is 0.833 bits per heavy atom. The van der Waals surface area contributed by atoms with Gasteiger partial charge in [-0.15, -0.1) is 0 Å². The minimum atomic E-state index is 1.21. The van der Waals surface area contributed by atoms with Gasteiger partial charge in [0.05, 0.1) is 19.7 Å². The lowest BCUT2D eigenvalue weighted by Gasteiger charge is -2.07. The smallest absolute Gasteiger partial charge is 0.233 e. The van der Waals surface area contributed by atoms with Crippen LogP contribution in [0.2, 0.25) is 0 Å². The summed E-state index contributed by atoms with van der Waals surface area (Å²) >= 11 is 0. The van der Waals surface area contributed by atoms with Crippen LogP contribution in [0, 0.1) is 10.4 Å². The Balaban J connectivity index is 2.23. The molecule has 2 heteroatoms. The molecule has 0 aliphatic heterocycles. The van der Waals surface area contributed by atoms with Gasteiger partial charge in [-0.1, -0.05) is 54.6 Å². The van der Waals surface area contributed by atoms with Crippen molar-refractivity contribution in [3.05, 3.63) is 93.2 Å². The van der Waals surface area contributed by atoms with Crippen LogP contribution in [0.3, 0.4) is 0 Å². The maximum atomic E-state index is 2.31. The van der Waals surface area contributed by atoms with Crippen LogP contribution in [-0.4, -0.2) is 4.57 Å². The van der Waals surface area contributed by atoms with Gasteiger partial charge < -0.3 is 0 Å². The van der Waals surface area contributed by atoms with E-state index in [0.29, 0.717) is 0 Å². The molecule has 2 nitrogen and oxygen atoms in total. The number of hydrogen-bond acceptors (Lipinski definition) is 0. The van der Waals surface area contributed by atoms with Crippen molar-refractivity contribution in [1.29, 1.82) is 0 Å².